The number of aromatic nitrogens is 2. The molecule has 0 aliphatic rings. The maximum absolute atomic E-state index is 11.6. The van der Waals surface area contributed by atoms with Crippen LogP contribution < -0.4 is 10.6 Å². The van der Waals surface area contributed by atoms with Crippen molar-refractivity contribution >= 4 is 17.7 Å². The fraction of sp³-hybridized carbons (Fsp3) is 0.444. The lowest BCUT2D eigenvalue weighted by Gasteiger charge is -2.12. The molecule has 1 rings (SSSR count). The van der Waals surface area contributed by atoms with Crippen molar-refractivity contribution in [2.75, 3.05) is 19.4 Å². The molecular formula is C9H14N4O3. The number of carboxylic acid groups (broad SMARTS) is 1. The van der Waals surface area contributed by atoms with Crippen molar-refractivity contribution in [2.45, 2.75) is 13.0 Å². The van der Waals surface area contributed by atoms with Gasteiger partial charge in [0.15, 0.2) is 11.5 Å². The largest absolute Gasteiger partial charge is 0.480 e. The summed E-state index contributed by atoms with van der Waals surface area (Å²) in [4.78, 5) is 26.4. The van der Waals surface area contributed by atoms with Crippen molar-refractivity contribution in [1.82, 2.24) is 14.9 Å². The highest BCUT2D eigenvalue weighted by Crippen LogP contribution is 2.18. The number of imidazole rings is 1. The van der Waals surface area contributed by atoms with Gasteiger partial charge in [-0.05, 0) is 6.92 Å². The van der Waals surface area contributed by atoms with Crippen molar-refractivity contribution in [2.24, 2.45) is 0 Å². The molecule has 7 heteroatoms. The van der Waals surface area contributed by atoms with Gasteiger partial charge in [-0.1, -0.05) is 0 Å². The molecule has 16 heavy (non-hydrogen) atoms. The molecule has 0 aliphatic carbocycles. The summed E-state index contributed by atoms with van der Waals surface area (Å²) >= 11 is 0. The van der Waals surface area contributed by atoms with E-state index in [0.717, 1.165) is 0 Å². The van der Waals surface area contributed by atoms with E-state index < -0.39 is 12.0 Å². The molecule has 7 nitrogen and oxygen atoms in total. The molecule has 1 atom stereocenters. The third-order valence-electron chi connectivity index (χ3n) is 2.25. The summed E-state index contributed by atoms with van der Waals surface area (Å²) in [5.41, 5.74) is 0.208. The van der Waals surface area contributed by atoms with Gasteiger partial charge < -0.3 is 20.3 Å². The van der Waals surface area contributed by atoms with Crippen molar-refractivity contribution in [3.8, 4) is 0 Å². The second-order valence-electron chi connectivity index (χ2n) is 3.19. The van der Waals surface area contributed by atoms with E-state index in [-0.39, 0.29) is 11.6 Å². The molecular weight excluding hydrogens is 212 g/mol. The molecule has 0 fully saturated rings. The number of anilines is 1. The van der Waals surface area contributed by atoms with Crippen molar-refractivity contribution in [3.05, 3.63) is 12.0 Å². The molecule has 0 aliphatic heterocycles. The molecule has 1 heterocycles. The summed E-state index contributed by atoms with van der Waals surface area (Å²) in [7, 11) is 3.09. The van der Waals surface area contributed by atoms with E-state index in [2.05, 4.69) is 15.6 Å². The van der Waals surface area contributed by atoms with Gasteiger partial charge in [0.1, 0.15) is 6.04 Å². The molecule has 0 bridgehead atoms. The Kier molecular flexibility index (Phi) is 3.49. The highest BCUT2D eigenvalue weighted by Gasteiger charge is 2.23. The van der Waals surface area contributed by atoms with E-state index in [1.54, 1.807) is 7.05 Å². The number of hydrogen-bond acceptors (Lipinski definition) is 4. The number of rotatable bonds is 4. The molecule has 1 aromatic heterocycles. The summed E-state index contributed by atoms with van der Waals surface area (Å²) in [6, 6.07) is -0.845. The smallest absolute Gasteiger partial charge is 0.326 e. The summed E-state index contributed by atoms with van der Waals surface area (Å²) in [6.07, 6.45) is 1.33. The summed E-state index contributed by atoms with van der Waals surface area (Å²) in [5, 5.41) is 14.1. The third kappa shape index (κ3) is 1.97. The Balaban J connectivity index is 3.24. The van der Waals surface area contributed by atoms with Gasteiger partial charge in [0.25, 0.3) is 5.91 Å². The van der Waals surface area contributed by atoms with E-state index in [1.165, 1.54) is 24.9 Å². The zero-order valence-corrected chi connectivity index (χ0v) is 9.31. The van der Waals surface area contributed by atoms with Crippen LogP contribution in [0.5, 0.6) is 0 Å². The lowest BCUT2D eigenvalue weighted by Crippen LogP contribution is -2.26. The molecule has 88 valence electrons. The minimum Gasteiger partial charge on any atom is -0.480 e. The van der Waals surface area contributed by atoms with Crippen LogP contribution in [-0.2, 0) is 4.79 Å². The summed E-state index contributed by atoms with van der Waals surface area (Å²) in [5.74, 6) is -1.05. The summed E-state index contributed by atoms with van der Waals surface area (Å²) < 4.78 is 1.31. The minimum absolute atomic E-state index is 0.208. The number of nitrogens with zero attached hydrogens (tertiary/aromatic N) is 2. The van der Waals surface area contributed by atoms with Crippen LogP contribution >= 0.6 is 0 Å². The monoisotopic (exact) mass is 226 g/mol. The highest BCUT2D eigenvalue weighted by molar-refractivity contribution is 5.97. The Labute approximate surface area is 92.5 Å². The topological polar surface area (TPSA) is 96.3 Å². The van der Waals surface area contributed by atoms with E-state index in [9.17, 15) is 9.59 Å². The molecule has 1 aromatic rings. The fourth-order valence-electron chi connectivity index (χ4n) is 1.30. The second-order valence-corrected chi connectivity index (χ2v) is 3.19. The van der Waals surface area contributed by atoms with Crippen molar-refractivity contribution in [1.29, 1.82) is 0 Å². The molecule has 0 radical (unpaired) electrons. The number of aliphatic carboxylic acids is 1. The Bertz CT molecular complexity index is 413. The standard InChI is InChI=1S/C9H14N4O3/c1-5(9(15)16)13-4-12-7(10-2)6(13)8(14)11-3/h4-5,10H,1-3H3,(H,11,14)(H,15,16). The average molecular weight is 226 g/mol. The van der Waals surface area contributed by atoms with Gasteiger partial charge in [-0.15, -0.1) is 0 Å². The van der Waals surface area contributed by atoms with Gasteiger partial charge in [-0.2, -0.15) is 0 Å². The lowest BCUT2D eigenvalue weighted by molar-refractivity contribution is -0.140. The normalized spacial score (nSPS) is 11.9. The molecule has 1 unspecified atom stereocenters. The number of carbonyl (C=O) groups excluding carboxylic acids is 1. The van der Waals surface area contributed by atoms with E-state index >= 15 is 0 Å². The average Bonchev–Trinajstić information content (AvgIpc) is 2.70. The van der Waals surface area contributed by atoms with Crippen molar-refractivity contribution < 1.29 is 14.7 Å². The first-order valence-corrected chi connectivity index (χ1v) is 4.72. The van der Waals surface area contributed by atoms with Crippen LogP contribution in [0.1, 0.15) is 23.5 Å². The molecule has 0 saturated heterocycles. The maximum Gasteiger partial charge on any atom is 0.326 e. The van der Waals surface area contributed by atoms with Crippen molar-refractivity contribution in [3.63, 3.8) is 0 Å². The zero-order chi connectivity index (χ0) is 12.3. The Hall–Kier alpha value is -2.05. The van der Waals surface area contributed by atoms with Crippen LogP contribution in [0.4, 0.5) is 5.82 Å². The first-order valence-electron chi connectivity index (χ1n) is 4.72. The molecule has 0 saturated carbocycles. The first-order chi connectivity index (χ1) is 7.52. The van der Waals surface area contributed by atoms with Gasteiger partial charge in [-0.25, -0.2) is 9.78 Å². The number of amides is 1. The van der Waals surface area contributed by atoms with Gasteiger partial charge in [0.05, 0.1) is 6.33 Å². The van der Waals surface area contributed by atoms with E-state index in [1.807, 2.05) is 0 Å². The van der Waals surface area contributed by atoms with Gasteiger partial charge in [-0.3, -0.25) is 4.79 Å². The first kappa shape index (κ1) is 12.0. The lowest BCUT2D eigenvalue weighted by atomic mass is 10.3. The van der Waals surface area contributed by atoms with E-state index in [0.29, 0.717) is 5.82 Å². The highest BCUT2D eigenvalue weighted by atomic mass is 16.4. The Morgan fingerprint density at radius 1 is 1.50 bits per heavy atom. The van der Waals surface area contributed by atoms with E-state index in [4.69, 9.17) is 5.11 Å². The van der Waals surface area contributed by atoms with Gasteiger partial charge in [0.2, 0.25) is 0 Å². The van der Waals surface area contributed by atoms with Crippen LogP contribution in [0.3, 0.4) is 0 Å². The molecule has 0 spiro atoms. The Morgan fingerprint density at radius 3 is 2.56 bits per heavy atom. The number of hydrogen-bond donors (Lipinski definition) is 3. The predicted octanol–water partition coefficient (Wildman–Crippen LogP) is -0.0700. The minimum atomic E-state index is -1.02. The third-order valence-corrected chi connectivity index (χ3v) is 2.25. The molecule has 1 amide bonds. The van der Waals surface area contributed by atoms with Gasteiger partial charge in [0, 0.05) is 14.1 Å². The molecule has 0 aromatic carbocycles. The SMILES string of the molecule is CNC(=O)c1c(NC)ncn1C(C)C(=O)O. The zero-order valence-electron chi connectivity index (χ0n) is 9.31. The summed E-state index contributed by atoms with van der Waals surface area (Å²) in [6.45, 7) is 1.48. The van der Waals surface area contributed by atoms with Crippen LogP contribution in [0.15, 0.2) is 6.33 Å². The number of carboxylic acids is 1. The fourth-order valence-corrected chi connectivity index (χ4v) is 1.30. The van der Waals surface area contributed by atoms with Crippen LogP contribution in [0.25, 0.3) is 0 Å². The second kappa shape index (κ2) is 4.65. The maximum atomic E-state index is 11.6. The Morgan fingerprint density at radius 2 is 2.12 bits per heavy atom. The predicted molar refractivity (Wildman–Crippen MR) is 57.5 cm³/mol. The van der Waals surface area contributed by atoms with Crippen LogP contribution in [0, 0.1) is 0 Å². The van der Waals surface area contributed by atoms with Crippen LogP contribution in [-0.4, -0.2) is 40.6 Å². The quantitative estimate of drug-likeness (QED) is 0.667. The number of carbonyl (C=O) groups is 2. The van der Waals surface area contributed by atoms with Gasteiger partial charge >= 0.3 is 5.97 Å². The van der Waals surface area contributed by atoms with Crippen LogP contribution in [0.2, 0.25) is 0 Å². The number of nitrogens with one attached hydrogen (secondary N) is 2. The molecule has 3 N–H and O–H groups in total.